The van der Waals surface area contributed by atoms with E-state index in [0.717, 1.165) is 131 Å². The third-order valence-corrected chi connectivity index (χ3v) is 30.1. The van der Waals surface area contributed by atoms with Crippen molar-refractivity contribution in [3.63, 3.8) is 0 Å². The van der Waals surface area contributed by atoms with Gasteiger partial charge < -0.3 is 30.4 Å². The molecule has 0 saturated carbocycles. The molecule has 0 fully saturated rings. The number of amides is 4. The van der Waals surface area contributed by atoms with Crippen molar-refractivity contribution in [1.82, 2.24) is 0 Å². The number of imide groups is 2. The van der Waals surface area contributed by atoms with Gasteiger partial charge >= 0.3 is 0 Å². The highest BCUT2D eigenvalue weighted by molar-refractivity contribution is 6.48. The first-order valence-electron chi connectivity index (χ1n) is 48.3. The van der Waals surface area contributed by atoms with Crippen LogP contribution in [0.5, 0.6) is 46.0 Å². The summed E-state index contributed by atoms with van der Waals surface area (Å²) in [6, 6.07) is 66.4. The maximum absolute atomic E-state index is 16.3. The number of nitrogen functional groups attached to an aromatic ring is 2. The lowest BCUT2D eigenvalue weighted by Gasteiger charge is -2.34. The first-order valence-corrected chi connectivity index (χ1v) is 48.3. The number of hydrogen-bond donors (Lipinski definition) is 2. The second-order valence-corrected chi connectivity index (χ2v) is 44.3. The van der Waals surface area contributed by atoms with Crippen LogP contribution in [0, 0.1) is 23.7 Å². The van der Waals surface area contributed by atoms with Gasteiger partial charge in [0.15, 0.2) is 0 Å². The van der Waals surface area contributed by atoms with Crippen LogP contribution in [-0.2, 0) is 21.7 Å². The lowest BCUT2D eigenvalue weighted by Crippen LogP contribution is -2.42. The van der Waals surface area contributed by atoms with Crippen molar-refractivity contribution in [2.75, 3.05) is 21.3 Å². The molecule has 16 aromatic carbocycles. The third-order valence-electron chi connectivity index (χ3n) is 30.1. The fraction of sp³-hybridized carbons (Fsp3) is 0.258. The van der Waals surface area contributed by atoms with E-state index in [1.54, 1.807) is 0 Å². The maximum atomic E-state index is 16.3. The molecule has 4 amide bonds. The van der Waals surface area contributed by atoms with Gasteiger partial charge in [-0.3, -0.25) is 19.2 Å². The van der Waals surface area contributed by atoms with Crippen LogP contribution in [0.3, 0.4) is 0 Å². The van der Waals surface area contributed by atoms with Gasteiger partial charge in [-0.2, -0.15) is 0 Å². The molecule has 4 atom stereocenters. The van der Waals surface area contributed by atoms with E-state index in [-0.39, 0.29) is 69.0 Å². The molecule has 676 valence electrons. The van der Waals surface area contributed by atoms with E-state index in [9.17, 15) is 0 Å². The highest BCUT2D eigenvalue weighted by Crippen LogP contribution is 2.62. The predicted molar refractivity (Wildman–Crippen MR) is 561 cm³/mol. The van der Waals surface area contributed by atoms with Gasteiger partial charge in [0, 0.05) is 78.1 Å². The Hall–Kier alpha value is -14.4. The molecule has 2 unspecified atom stereocenters. The summed E-state index contributed by atoms with van der Waals surface area (Å²) in [7, 11) is 0. The molecular weight excluding hydrogens is 1670 g/mol. The largest absolute Gasteiger partial charge is 0.457 e. The molecule has 16 aromatic rings. The number of rotatable bonds is 14. The van der Waals surface area contributed by atoms with Crippen molar-refractivity contribution < 1.29 is 38.1 Å². The predicted octanol–water partition coefficient (Wildman–Crippen LogP) is 32.3. The van der Waals surface area contributed by atoms with Crippen LogP contribution in [0.15, 0.2) is 243 Å². The molecule has 12 nitrogen and oxygen atoms in total. The van der Waals surface area contributed by atoms with Gasteiger partial charge in [0.05, 0.1) is 33.6 Å². The van der Waals surface area contributed by atoms with Gasteiger partial charge in [-0.05, 0) is 275 Å². The smallest absolute Gasteiger partial charge is 0.266 e. The van der Waals surface area contributed by atoms with E-state index in [2.05, 4.69) is 284 Å². The Bertz CT molecular complexity index is 7290. The quantitative estimate of drug-likeness (QED) is 0.0352. The van der Waals surface area contributed by atoms with Crippen molar-refractivity contribution in [2.24, 2.45) is 23.7 Å². The zero-order valence-electron chi connectivity index (χ0n) is 81.0. The summed E-state index contributed by atoms with van der Waals surface area (Å²) in [5.41, 5.74) is 33.6. The van der Waals surface area contributed by atoms with Crippen LogP contribution >= 0.6 is 0 Å². The minimum Gasteiger partial charge on any atom is -0.457 e. The van der Waals surface area contributed by atoms with Crippen LogP contribution in [0.2, 0.25) is 0 Å². The van der Waals surface area contributed by atoms with Gasteiger partial charge in [-0.1, -0.05) is 284 Å². The minimum absolute atomic E-state index is 0.00290. The molecule has 4 N–H and O–H groups in total. The molecule has 2 aliphatic heterocycles. The lowest BCUT2D eigenvalue weighted by atomic mass is 9.75. The standard InChI is InChI=1S/C124H112N4O8/c1-61(2)87-53-73(125)54-88(62(3)4)115(87)127-117(129)95-57-99(133-75-33-25-69(26-34-75)121(9,10)11)109-83-45-41-79-91-49-65-21-23-67-51-93-81-43-47-85-106-86(48-44-82(104(81)106)94(93)52-68(67)24-22-66(65)50-92(91)80-42-46-84(105(83)103(79)80)110-100(58-96(118(127)130)107(95)113(109)110)134-76-35-27-70(28-36-76)122(12,13)14)112-102(136-78-39-31-72(32-40-78)124(18,19)20)60-98-108-97(59-101(111(85)114(108)112)135-77-37-29-71(30-38-77)123(15,16)17)119(131)128(120(98)132)116-89(63(5)6)55-74(126)56-90(116)64(7)8/h21-68H,125-126H2,1-20H3/b23-21-,24-22-/t65-,66?,67+,68?. The topological polar surface area (TPSA) is 164 Å². The number of fused-ring (bicyclic) bond motifs is 12. The highest BCUT2D eigenvalue weighted by Gasteiger charge is 2.46. The fourth-order valence-electron chi connectivity index (χ4n) is 23.1. The van der Waals surface area contributed by atoms with Gasteiger partial charge in [0.25, 0.3) is 23.6 Å². The summed E-state index contributed by atoms with van der Waals surface area (Å²) in [6.07, 6.45) is 19.8. The second kappa shape index (κ2) is 30.1. The Labute approximate surface area is 794 Å². The molecule has 2 heterocycles. The zero-order valence-corrected chi connectivity index (χ0v) is 81.0. The van der Waals surface area contributed by atoms with Crippen molar-refractivity contribution in [3.8, 4) is 46.0 Å². The number of carbonyl (C=O) groups is 4. The number of carbonyl (C=O) groups excluding carboxylic acids is 4. The van der Waals surface area contributed by atoms with Gasteiger partial charge in [0.2, 0.25) is 0 Å². The summed E-state index contributed by atoms with van der Waals surface area (Å²) >= 11 is 0. The van der Waals surface area contributed by atoms with Crippen LogP contribution in [0.1, 0.15) is 270 Å². The molecular formula is C124H112N4O8. The van der Waals surface area contributed by atoms with E-state index in [0.29, 0.717) is 113 Å². The Morgan fingerprint density at radius 3 is 0.654 bits per heavy atom. The fourth-order valence-corrected chi connectivity index (χ4v) is 23.1. The number of anilines is 4. The van der Waals surface area contributed by atoms with E-state index in [1.165, 1.54) is 32.1 Å². The van der Waals surface area contributed by atoms with E-state index >= 15 is 19.2 Å². The van der Waals surface area contributed by atoms with Crippen molar-refractivity contribution >= 4 is 155 Å². The van der Waals surface area contributed by atoms with E-state index in [4.69, 9.17) is 30.4 Å². The monoisotopic (exact) mass is 1780 g/mol. The average Bonchev–Trinajstić information content (AvgIpc) is 0.836. The molecule has 5 aliphatic carbocycles. The molecule has 23 rings (SSSR count). The number of ether oxygens (including phenoxy) is 4. The van der Waals surface area contributed by atoms with Crippen molar-refractivity contribution in [2.45, 2.75) is 184 Å². The Balaban J connectivity index is 0.682. The molecule has 0 spiro atoms. The SMILES string of the molecule is CC(C)c1cc(N)cc(C(C)C)c1N1C(=O)c2cc(Oc3ccc(C(C)(C)C)cc3)c3c4ccc5c6c(ccc(c7c(Oc8ccc(C(C)(C)C)cc8)cc(c2c37)C1=O)c64)C1=C[C@@H]2/C=C\[C@@H]3C=C4C(=CC3/C=C\C2C=C15)c1ccc2c3c(Oc5ccc(C(C)(C)C)cc5)cc5c6c(cc(Oc7ccc(C(C)(C)C)cc7)c(c7ccc4c1c27)c63)C(=O)N(c1c(C(C)C)cc(N)cc1C(C)C)C5=O. The summed E-state index contributed by atoms with van der Waals surface area (Å²) in [5, 5.41) is 13.7. The highest BCUT2D eigenvalue weighted by atomic mass is 16.5. The molecule has 0 radical (unpaired) electrons. The van der Waals surface area contributed by atoms with Crippen molar-refractivity contribution in [3.05, 3.63) is 332 Å². The maximum Gasteiger partial charge on any atom is 0.266 e. The summed E-state index contributed by atoms with van der Waals surface area (Å²) in [6.45, 7) is 43.0. The van der Waals surface area contributed by atoms with Gasteiger partial charge in [-0.15, -0.1) is 0 Å². The number of nitrogens with zero attached hydrogens (tertiary/aromatic N) is 2. The first kappa shape index (κ1) is 85.8. The van der Waals surface area contributed by atoms with E-state index < -0.39 is 23.6 Å². The van der Waals surface area contributed by atoms with Crippen LogP contribution in [0.25, 0.3) is 108 Å². The lowest BCUT2D eigenvalue weighted by molar-refractivity contribution is 0.0877. The van der Waals surface area contributed by atoms with Crippen molar-refractivity contribution in [1.29, 1.82) is 0 Å². The summed E-state index contributed by atoms with van der Waals surface area (Å²) in [4.78, 5) is 68.1. The molecule has 136 heavy (non-hydrogen) atoms. The Morgan fingerprint density at radius 1 is 0.250 bits per heavy atom. The normalized spacial score (nSPS) is 17.9. The second-order valence-electron chi connectivity index (χ2n) is 44.3. The molecule has 0 saturated heterocycles. The Kier molecular flexibility index (Phi) is 19.0. The summed E-state index contributed by atoms with van der Waals surface area (Å²) in [5.74, 6) is 2.19. The third kappa shape index (κ3) is 13.0. The average molecular weight is 1790 g/mol. The number of nitrogens with two attached hydrogens (primary N) is 2. The van der Waals surface area contributed by atoms with E-state index in [1.807, 2.05) is 97.1 Å². The zero-order chi connectivity index (χ0) is 94.9. The minimum atomic E-state index is -0.442. The Morgan fingerprint density at radius 2 is 0.456 bits per heavy atom. The first-order chi connectivity index (χ1) is 64.7. The molecule has 0 aromatic heterocycles. The number of benzene rings is 16. The van der Waals surface area contributed by atoms with Gasteiger partial charge in [0.1, 0.15) is 46.0 Å². The van der Waals surface area contributed by atoms with Crippen LogP contribution in [-0.4, -0.2) is 23.6 Å². The molecule has 12 heteroatoms. The van der Waals surface area contributed by atoms with Crippen LogP contribution in [0.4, 0.5) is 22.7 Å². The number of hydrogen-bond acceptors (Lipinski definition) is 10. The summed E-state index contributed by atoms with van der Waals surface area (Å²) < 4.78 is 29.5. The number of allylic oxidation sites excluding steroid dienone is 12. The van der Waals surface area contributed by atoms with Crippen LogP contribution < -0.4 is 40.2 Å². The molecule has 0 bridgehead atoms. The van der Waals surface area contributed by atoms with Gasteiger partial charge in [-0.25, -0.2) is 9.80 Å². The molecule has 7 aliphatic rings.